The summed E-state index contributed by atoms with van der Waals surface area (Å²) in [5.74, 6) is 1.46. The van der Waals surface area contributed by atoms with Crippen LogP contribution < -0.4 is 4.74 Å². The summed E-state index contributed by atoms with van der Waals surface area (Å²) in [5, 5.41) is 1.21. The molecule has 3 nitrogen and oxygen atoms in total. The van der Waals surface area contributed by atoms with Crippen LogP contribution in [0.2, 0.25) is 0 Å². The molecule has 0 aromatic carbocycles. The zero-order valence-electron chi connectivity index (χ0n) is 11.9. The summed E-state index contributed by atoms with van der Waals surface area (Å²) in [6.07, 6.45) is 10.7. The van der Waals surface area contributed by atoms with E-state index in [9.17, 15) is 0 Å². The van der Waals surface area contributed by atoms with Crippen LogP contribution >= 0.6 is 11.3 Å². The van der Waals surface area contributed by atoms with E-state index in [4.69, 9.17) is 4.74 Å². The predicted molar refractivity (Wildman–Crippen MR) is 81.7 cm³/mol. The van der Waals surface area contributed by atoms with E-state index >= 15 is 0 Å². The van der Waals surface area contributed by atoms with E-state index in [0.29, 0.717) is 12.0 Å². The molecule has 4 heteroatoms. The Morgan fingerprint density at radius 1 is 1.15 bits per heavy atom. The molecule has 1 saturated carbocycles. The maximum absolute atomic E-state index is 6.26. The van der Waals surface area contributed by atoms with Gasteiger partial charge in [-0.2, -0.15) is 0 Å². The van der Waals surface area contributed by atoms with Crippen molar-refractivity contribution in [3.05, 3.63) is 16.8 Å². The maximum atomic E-state index is 6.26. The van der Waals surface area contributed by atoms with Crippen molar-refractivity contribution in [3.63, 3.8) is 0 Å². The van der Waals surface area contributed by atoms with Crippen LogP contribution in [0.25, 0.3) is 10.2 Å². The quantitative estimate of drug-likeness (QED) is 0.818. The molecule has 106 valence electrons. The number of thiophene rings is 1. The SMILES string of the molecule is CC1CCc2sc3ncnc(OC4CCCCC4)c3c21. The maximum Gasteiger partial charge on any atom is 0.225 e. The Hall–Kier alpha value is -1.16. The minimum atomic E-state index is 0.356. The van der Waals surface area contributed by atoms with E-state index in [1.54, 1.807) is 6.33 Å². The van der Waals surface area contributed by atoms with E-state index in [0.717, 1.165) is 10.7 Å². The number of ether oxygens (including phenoxy) is 1. The summed E-state index contributed by atoms with van der Waals surface area (Å²) in [7, 11) is 0. The van der Waals surface area contributed by atoms with E-state index in [1.807, 2.05) is 11.3 Å². The number of nitrogens with zero attached hydrogens (tertiary/aromatic N) is 2. The molecule has 20 heavy (non-hydrogen) atoms. The van der Waals surface area contributed by atoms with Crippen LogP contribution in [-0.4, -0.2) is 16.1 Å². The van der Waals surface area contributed by atoms with Gasteiger partial charge in [-0.1, -0.05) is 13.3 Å². The van der Waals surface area contributed by atoms with Gasteiger partial charge in [-0.05, 0) is 50.0 Å². The average Bonchev–Trinajstić information content (AvgIpc) is 3.01. The van der Waals surface area contributed by atoms with Crippen molar-refractivity contribution in [3.8, 4) is 5.88 Å². The molecule has 0 aliphatic heterocycles. The molecule has 0 amide bonds. The third-order valence-corrected chi connectivity index (χ3v) is 5.87. The Kier molecular flexibility index (Phi) is 3.14. The van der Waals surface area contributed by atoms with Crippen LogP contribution in [0.1, 0.15) is 61.8 Å². The molecule has 1 fully saturated rings. The Labute approximate surface area is 123 Å². The molecule has 2 heterocycles. The molecule has 0 saturated heterocycles. The summed E-state index contributed by atoms with van der Waals surface area (Å²) in [4.78, 5) is 11.5. The van der Waals surface area contributed by atoms with E-state index in [2.05, 4.69) is 16.9 Å². The van der Waals surface area contributed by atoms with Crippen molar-refractivity contribution in [1.82, 2.24) is 9.97 Å². The molecular weight excluding hydrogens is 268 g/mol. The van der Waals surface area contributed by atoms with Crippen LogP contribution in [0, 0.1) is 0 Å². The molecule has 0 radical (unpaired) electrons. The largest absolute Gasteiger partial charge is 0.474 e. The number of aromatic nitrogens is 2. The van der Waals surface area contributed by atoms with Crippen molar-refractivity contribution < 1.29 is 4.74 Å². The minimum absolute atomic E-state index is 0.356. The molecule has 0 bridgehead atoms. The lowest BCUT2D eigenvalue weighted by Gasteiger charge is -2.22. The third kappa shape index (κ3) is 2.01. The van der Waals surface area contributed by atoms with Crippen LogP contribution in [-0.2, 0) is 6.42 Å². The van der Waals surface area contributed by atoms with Gasteiger partial charge in [-0.15, -0.1) is 11.3 Å². The number of fused-ring (bicyclic) bond motifs is 3. The summed E-state index contributed by atoms with van der Waals surface area (Å²) < 4.78 is 6.26. The summed E-state index contributed by atoms with van der Waals surface area (Å²) >= 11 is 1.84. The summed E-state index contributed by atoms with van der Waals surface area (Å²) in [6, 6.07) is 0. The van der Waals surface area contributed by atoms with Gasteiger partial charge in [0, 0.05) is 4.88 Å². The number of aryl methyl sites for hydroxylation is 1. The first kappa shape index (κ1) is 12.6. The second-order valence-corrected chi connectivity index (χ2v) is 7.20. The summed E-state index contributed by atoms with van der Waals surface area (Å²) in [5.41, 5.74) is 1.47. The Morgan fingerprint density at radius 3 is 2.85 bits per heavy atom. The van der Waals surface area contributed by atoms with Gasteiger partial charge in [0.15, 0.2) is 0 Å². The zero-order valence-corrected chi connectivity index (χ0v) is 12.7. The van der Waals surface area contributed by atoms with Gasteiger partial charge < -0.3 is 4.74 Å². The zero-order chi connectivity index (χ0) is 13.5. The molecule has 2 aromatic rings. The fourth-order valence-electron chi connectivity index (χ4n) is 3.60. The van der Waals surface area contributed by atoms with Gasteiger partial charge >= 0.3 is 0 Å². The normalized spacial score (nSPS) is 23.1. The van der Waals surface area contributed by atoms with Gasteiger partial charge in [0.1, 0.15) is 17.3 Å². The van der Waals surface area contributed by atoms with Crippen LogP contribution in [0.15, 0.2) is 6.33 Å². The lowest BCUT2D eigenvalue weighted by Crippen LogP contribution is -2.20. The first-order chi connectivity index (χ1) is 9.83. The Bertz CT molecular complexity index is 631. The standard InChI is InChI=1S/C16H20N2OS/c1-10-7-8-12-13(10)14-15(17-9-18-16(14)20-12)19-11-5-3-2-4-6-11/h9-11H,2-8H2,1H3. The molecule has 1 atom stereocenters. The summed E-state index contributed by atoms with van der Waals surface area (Å²) in [6.45, 7) is 2.31. The van der Waals surface area contributed by atoms with Gasteiger partial charge in [0.25, 0.3) is 0 Å². The number of rotatable bonds is 2. The van der Waals surface area contributed by atoms with Crippen molar-refractivity contribution in [2.24, 2.45) is 0 Å². The molecule has 1 unspecified atom stereocenters. The Morgan fingerprint density at radius 2 is 2.00 bits per heavy atom. The number of hydrogen-bond donors (Lipinski definition) is 0. The fourth-order valence-corrected chi connectivity index (χ4v) is 4.87. The second kappa shape index (κ2) is 4.99. The number of hydrogen-bond acceptors (Lipinski definition) is 4. The van der Waals surface area contributed by atoms with Crippen molar-refractivity contribution in [1.29, 1.82) is 0 Å². The van der Waals surface area contributed by atoms with E-state index in [-0.39, 0.29) is 0 Å². The highest BCUT2D eigenvalue weighted by Crippen LogP contribution is 2.45. The van der Waals surface area contributed by atoms with E-state index < -0.39 is 0 Å². The second-order valence-electron chi connectivity index (χ2n) is 6.12. The molecule has 0 spiro atoms. The third-order valence-electron chi connectivity index (χ3n) is 4.70. The molecule has 4 rings (SSSR count). The lowest BCUT2D eigenvalue weighted by atomic mass is 9.98. The monoisotopic (exact) mass is 288 g/mol. The molecule has 2 aromatic heterocycles. The fraction of sp³-hybridized carbons (Fsp3) is 0.625. The highest BCUT2D eigenvalue weighted by atomic mass is 32.1. The van der Waals surface area contributed by atoms with Crippen LogP contribution in [0.5, 0.6) is 5.88 Å². The van der Waals surface area contributed by atoms with Crippen LogP contribution in [0.3, 0.4) is 0 Å². The average molecular weight is 288 g/mol. The van der Waals surface area contributed by atoms with Gasteiger partial charge in [0.05, 0.1) is 5.39 Å². The van der Waals surface area contributed by atoms with Crippen molar-refractivity contribution >= 4 is 21.6 Å². The van der Waals surface area contributed by atoms with Crippen molar-refractivity contribution in [2.75, 3.05) is 0 Å². The Balaban J connectivity index is 1.75. The molecular formula is C16H20N2OS. The molecule has 2 aliphatic rings. The highest BCUT2D eigenvalue weighted by Gasteiger charge is 2.28. The van der Waals surface area contributed by atoms with Gasteiger partial charge in [0.2, 0.25) is 5.88 Å². The minimum Gasteiger partial charge on any atom is -0.474 e. The van der Waals surface area contributed by atoms with Gasteiger partial charge in [-0.3, -0.25) is 0 Å². The lowest BCUT2D eigenvalue weighted by molar-refractivity contribution is 0.150. The first-order valence-corrected chi connectivity index (χ1v) is 8.57. The molecule has 2 aliphatic carbocycles. The van der Waals surface area contributed by atoms with Crippen molar-refractivity contribution in [2.45, 2.75) is 63.9 Å². The predicted octanol–water partition coefficient (Wildman–Crippen LogP) is 4.45. The van der Waals surface area contributed by atoms with Crippen LogP contribution in [0.4, 0.5) is 0 Å². The molecule has 0 N–H and O–H groups in total. The smallest absolute Gasteiger partial charge is 0.225 e. The highest BCUT2D eigenvalue weighted by molar-refractivity contribution is 7.19. The first-order valence-electron chi connectivity index (χ1n) is 7.76. The van der Waals surface area contributed by atoms with E-state index in [1.165, 1.54) is 60.8 Å². The topological polar surface area (TPSA) is 35.0 Å². The van der Waals surface area contributed by atoms with Gasteiger partial charge in [-0.25, -0.2) is 9.97 Å².